The van der Waals surface area contributed by atoms with Gasteiger partial charge >= 0.3 is 12.0 Å². The zero-order chi connectivity index (χ0) is 18.1. The molecule has 1 rings (SSSR count). The molecule has 8 heteroatoms. The maximum Gasteiger partial charge on any atom is 0.338 e. The maximum atomic E-state index is 12.0. The summed E-state index contributed by atoms with van der Waals surface area (Å²) in [6, 6.07) is 3.91. The van der Waals surface area contributed by atoms with Crippen LogP contribution in [0.25, 0.3) is 0 Å². The van der Waals surface area contributed by atoms with Gasteiger partial charge in [-0.25, -0.2) is 9.59 Å². The lowest BCUT2D eigenvalue weighted by Crippen LogP contribution is -2.41. The van der Waals surface area contributed by atoms with Gasteiger partial charge in [-0.05, 0) is 39.0 Å². The summed E-state index contributed by atoms with van der Waals surface area (Å²) in [6.07, 6.45) is -0.0466. The molecule has 2 N–H and O–H groups in total. The van der Waals surface area contributed by atoms with Gasteiger partial charge in [0.25, 0.3) is 5.91 Å². The number of hydrogen-bond donors (Lipinski definition) is 2. The van der Waals surface area contributed by atoms with Gasteiger partial charge in [0.1, 0.15) is 0 Å². The van der Waals surface area contributed by atoms with E-state index in [2.05, 4.69) is 5.32 Å². The summed E-state index contributed by atoms with van der Waals surface area (Å²) >= 11 is 0. The van der Waals surface area contributed by atoms with E-state index in [1.165, 1.54) is 19.2 Å². The van der Waals surface area contributed by atoms with Crippen molar-refractivity contribution in [2.45, 2.75) is 26.9 Å². The minimum Gasteiger partial charge on any atom is -0.493 e. The Hall–Kier alpha value is -2.77. The third-order valence-corrected chi connectivity index (χ3v) is 2.69. The highest BCUT2D eigenvalue weighted by Crippen LogP contribution is 2.29. The molecule has 0 aromatic heterocycles. The smallest absolute Gasteiger partial charge is 0.338 e. The Labute approximate surface area is 140 Å². The van der Waals surface area contributed by atoms with E-state index in [-0.39, 0.29) is 11.7 Å². The van der Waals surface area contributed by atoms with Crippen LogP contribution >= 0.6 is 0 Å². The average molecular weight is 338 g/mol. The van der Waals surface area contributed by atoms with Crippen LogP contribution in [0.2, 0.25) is 0 Å². The van der Waals surface area contributed by atoms with Crippen molar-refractivity contribution in [1.82, 2.24) is 10.6 Å². The largest absolute Gasteiger partial charge is 0.493 e. The number of esters is 1. The summed E-state index contributed by atoms with van der Waals surface area (Å²) in [5.74, 6) is -0.556. The summed E-state index contributed by atoms with van der Waals surface area (Å²) in [5, 5.41) is 4.42. The number of rotatable bonds is 7. The zero-order valence-electron chi connectivity index (χ0n) is 14.2. The highest BCUT2D eigenvalue weighted by molar-refractivity contribution is 5.97. The Morgan fingerprint density at radius 2 is 1.88 bits per heavy atom. The SMILES string of the molecule is CCNC(=O)NC(=O)COC(=O)c1ccc(OC(C)C)c(OC)c1. The van der Waals surface area contributed by atoms with E-state index >= 15 is 0 Å². The van der Waals surface area contributed by atoms with Crippen molar-refractivity contribution in [3.8, 4) is 11.5 Å². The molecule has 132 valence electrons. The molecule has 1 aromatic carbocycles. The van der Waals surface area contributed by atoms with Crippen LogP contribution in [0.3, 0.4) is 0 Å². The van der Waals surface area contributed by atoms with Crippen molar-refractivity contribution < 1.29 is 28.6 Å². The number of nitrogens with one attached hydrogen (secondary N) is 2. The van der Waals surface area contributed by atoms with E-state index in [9.17, 15) is 14.4 Å². The minimum atomic E-state index is -0.721. The van der Waals surface area contributed by atoms with Crippen LogP contribution < -0.4 is 20.1 Å². The van der Waals surface area contributed by atoms with Gasteiger partial charge in [-0.2, -0.15) is 0 Å². The average Bonchev–Trinajstić information content (AvgIpc) is 2.52. The number of ether oxygens (including phenoxy) is 3. The fourth-order valence-corrected chi connectivity index (χ4v) is 1.73. The molecular formula is C16H22N2O6. The summed E-state index contributed by atoms with van der Waals surface area (Å²) in [5.41, 5.74) is 0.203. The molecule has 0 aliphatic heterocycles. The molecule has 0 radical (unpaired) electrons. The van der Waals surface area contributed by atoms with Crippen LogP contribution in [-0.4, -0.2) is 44.3 Å². The standard InChI is InChI=1S/C16H22N2O6/c1-5-17-16(21)18-14(19)9-23-15(20)11-6-7-12(24-10(2)3)13(8-11)22-4/h6-8,10H,5,9H2,1-4H3,(H2,17,18,19,21). The minimum absolute atomic E-state index is 0.0466. The lowest BCUT2D eigenvalue weighted by Gasteiger charge is -2.14. The van der Waals surface area contributed by atoms with E-state index < -0.39 is 24.5 Å². The van der Waals surface area contributed by atoms with E-state index in [1.807, 2.05) is 19.2 Å². The molecule has 0 aliphatic rings. The zero-order valence-corrected chi connectivity index (χ0v) is 14.2. The van der Waals surface area contributed by atoms with Gasteiger partial charge in [-0.3, -0.25) is 10.1 Å². The molecule has 24 heavy (non-hydrogen) atoms. The van der Waals surface area contributed by atoms with Gasteiger partial charge in [0, 0.05) is 6.54 Å². The normalized spacial score (nSPS) is 10.0. The number of urea groups is 1. The molecule has 0 saturated carbocycles. The number of imide groups is 1. The van der Waals surface area contributed by atoms with E-state index in [0.717, 1.165) is 0 Å². The highest BCUT2D eigenvalue weighted by Gasteiger charge is 2.15. The molecule has 0 saturated heterocycles. The quantitative estimate of drug-likeness (QED) is 0.730. The molecule has 0 unspecified atom stereocenters. The van der Waals surface area contributed by atoms with Gasteiger partial charge < -0.3 is 19.5 Å². The molecule has 0 atom stereocenters. The Morgan fingerprint density at radius 1 is 1.17 bits per heavy atom. The second kappa shape index (κ2) is 9.39. The number of carbonyl (C=O) groups is 3. The Balaban J connectivity index is 2.64. The van der Waals surface area contributed by atoms with Gasteiger partial charge in [0.2, 0.25) is 0 Å². The Kier molecular flexibility index (Phi) is 7.54. The number of hydrogen-bond acceptors (Lipinski definition) is 6. The van der Waals surface area contributed by atoms with Crippen molar-refractivity contribution >= 4 is 17.9 Å². The molecule has 3 amide bonds. The summed E-state index contributed by atoms with van der Waals surface area (Å²) in [4.78, 5) is 34.6. The van der Waals surface area contributed by atoms with Gasteiger partial charge in [-0.15, -0.1) is 0 Å². The lowest BCUT2D eigenvalue weighted by atomic mass is 10.2. The number of carbonyl (C=O) groups excluding carboxylic acids is 3. The van der Waals surface area contributed by atoms with E-state index in [0.29, 0.717) is 18.0 Å². The first-order valence-corrected chi connectivity index (χ1v) is 7.46. The fraction of sp³-hybridized carbons (Fsp3) is 0.438. The van der Waals surface area contributed by atoms with Crippen LogP contribution in [0, 0.1) is 0 Å². The maximum absolute atomic E-state index is 12.0. The topological polar surface area (TPSA) is 103 Å². The molecule has 8 nitrogen and oxygen atoms in total. The third-order valence-electron chi connectivity index (χ3n) is 2.69. The highest BCUT2D eigenvalue weighted by atomic mass is 16.5. The lowest BCUT2D eigenvalue weighted by molar-refractivity contribution is -0.123. The number of amides is 3. The number of benzene rings is 1. The van der Waals surface area contributed by atoms with Crippen LogP contribution in [0.15, 0.2) is 18.2 Å². The van der Waals surface area contributed by atoms with Crippen LogP contribution in [-0.2, 0) is 9.53 Å². The van der Waals surface area contributed by atoms with Crippen LogP contribution in [0.1, 0.15) is 31.1 Å². The monoisotopic (exact) mass is 338 g/mol. The molecule has 0 heterocycles. The molecule has 0 spiro atoms. The van der Waals surface area contributed by atoms with Crippen molar-refractivity contribution in [2.24, 2.45) is 0 Å². The fourth-order valence-electron chi connectivity index (χ4n) is 1.73. The first kappa shape index (κ1) is 19.3. The first-order valence-electron chi connectivity index (χ1n) is 7.46. The van der Waals surface area contributed by atoms with Crippen molar-refractivity contribution in [3.05, 3.63) is 23.8 Å². The molecule has 0 bridgehead atoms. The van der Waals surface area contributed by atoms with E-state index in [4.69, 9.17) is 14.2 Å². The second-order valence-corrected chi connectivity index (χ2v) is 5.02. The van der Waals surface area contributed by atoms with Crippen molar-refractivity contribution in [3.63, 3.8) is 0 Å². The molecule has 1 aromatic rings. The summed E-state index contributed by atoms with van der Waals surface area (Å²) in [7, 11) is 1.46. The summed E-state index contributed by atoms with van der Waals surface area (Å²) in [6.45, 7) is 5.26. The third kappa shape index (κ3) is 6.15. The van der Waals surface area contributed by atoms with Crippen LogP contribution in [0.4, 0.5) is 4.79 Å². The van der Waals surface area contributed by atoms with Crippen molar-refractivity contribution in [1.29, 1.82) is 0 Å². The van der Waals surface area contributed by atoms with Gasteiger partial charge in [0.15, 0.2) is 18.1 Å². The molecular weight excluding hydrogens is 316 g/mol. The Morgan fingerprint density at radius 3 is 2.46 bits per heavy atom. The number of methoxy groups -OCH3 is 1. The molecule has 0 fully saturated rings. The molecule has 0 aliphatic carbocycles. The van der Waals surface area contributed by atoms with Gasteiger partial charge in [-0.1, -0.05) is 0 Å². The summed E-state index contributed by atoms with van der Waals surface area (Å²) < 4.78 is 15.6. The van der Waals surface area contributed by atoms with Crippen LogP contribution in [0.5, 0.6) is 11.5 Å². The predicted molar refractivity (Wildman–Crippen MR) is 86.3 cm³/mol. The Bertz CT molecular complexity index is 600. The first-order chi connectivity index (χ1) is 11.4. The second-order valence-electron chi connectivity index (χ2n) is 5.02. The predicted octanol–water partition coefficient (Wildman–Crippen LogP) is 1.48. The van der Waals surface area contributed by atoms with Crippen molar-refractivity contribution in [2.75, 3.05) is 20.3 Å². The van der Waals surface area contributed by atoms with E-state index in [1.54, 1.807) is 13.0 Å². The van der Waals surface area contributed by atoms with Gasteiger partial charge in [0.05, 0.1) is 18.8 Å².